The summed E-state index contributed by atoms with van der Waals surface area (Å²) in [5.74, 6) is 0. The molecule has 4 nitrogen and oxygen atoms in total. The van der Waals surface area contributed by atoms with E-state index in [9.17, 15) is 8.42 Å². The number of benzene rings is 1. The second kappa shape index (κ2) is 6.60. The van der Waals surface area contributed by atoms with Gasteiger partial charge in [0.05, 0.1) is 11.7 Å². The Morgan fingerprint density at radius 1 is 1.24 bits per heavy atom. The molecule has 0 spiro atoms. The summed E-state index contributed by atoms with van der Waals surface area (Å²) < 4.78 is 27.1. The molecule has 0 bridgehead atoms. The van der Waals surface area contributed by atoms with E-state index in [1.165, 1.54) is 4.31 Å². The van der Waals surface area contributed by atoms with Gasteiger partial charge in [0.25, 0.3) is 0 Å². The lowest BCUT2D eigenvalue weighted by Crippen LogP contribution is -2.30. The zero-order valence-corrected chi connectivity index (χ0v) is 14.0. The van der Waals surface area contributed by atoms with Crippen molar-refractivity contribution in [2.24, 2.45) is 0 Å². The molecule has 2 aromatic rings. The molecule has 0 saturated carbocycles. The normalized spacial score (nSPS) is 13.3. The van der Waals surface area contributed by atoms with E-state index >= 15 is 0 Å². The van der Waals surface area contributed by atoms with Crippen LogP contribution < -0.4 is 5.32 Å². The van der Waals surface area contributed by atoms with Crippen LogP contribution in [-0.2, 0) is 10.0 Å². The second-order valence-electron chi connectivity index (χ2n) is 4.74. The van der Waals surface area contributed by atoms with Crippen molar-refractivity contribution < 1.29 is 8.42 Å². The van der Waals surface area contributed by atoms with E-state index in [1.54, 1.807) is 36.6 Å². The first-order valence-corrected chi connectivity index (χ1v) is 9.14. The van der Waals surface area contributed by atoms with Crippen molar-refractivity contribution in [3.05, 3.63) is 46.7 Å². The fourth-order valence-electron chi connectivity index (χ4n) is 2.10. The molecule has 1 heterocycles. The van der Waals surface area contributed by atoms with Crippen molar-refractivity contribution in [2.45, 2.75) is 24.8 Å². The highest BCUT2D eigenvalue weighted by molar-refractivity contribution is 7.89. The van der Waals surface area contributed by atoms with Gasteiger partial charge in [-0.3, -0.25) is 0 Å². The maximum absolute atomic E-state index is 12.9. The number of hydrogen-bond donors (Lipinski definition) is 1. The SMILES string of the molecule is CCNc1ccccc1S(=O)(=O)N(C)C(C)c1cccs1. The quantitative estimate of drug-likeness (QED) is 0.884. The number of hydrogen-bond acceptors (Lipinski definition) is 4. The largest absolute Gasteiger partial charge is 0.384 e. The zero-order valence-electron chi connectivity index (χ0n) is 12.4. The molecule has 0 aliphatic heterocycles. The summed E-state index contributed by atoms with van der Waals surface area (Å²) in [6.45, 7) is 4.53. The van der Waals surface area contributed by atoms with Crippen LogP contribution in [0.2, 0.25) is 0 Å². The molecule has 0 fully saturated rings. The van der Waals surface area contributed by atoms with Gasteiger partial charge >= 0.3 is 0 Å². The van der Waals surface area contributed by atoms with Gasteiger partial charge in [0, 0.05) is 18.5 Å². The van der Waals surface area contributed by atoms with Gasteiger partial charge in [-0.1, -0.05) is 18.2 Å². The number of rotatable bonds is 6. The lowest BCUT2D eigenvalue weighted by Gasteiger charge is -2.24. The first-order valence-electron chi connectivity index (χ1n) is 6.82. The molecule has 0 aliphatic rings. The molecule has 1 N–H and O–H groups in total. The van der Waals surface area contributed by atoms with E-state index in [-0.39, 0.29) is 6.04 Å². The van der Waals surface area contributed by atoms with E-state index in [2.05, 4.69) is 5.32 Å². The molecule has 1 aromatic heterocycles. The fourth-order valence-corrected chi connectivity index (χ4v) is 4.50. The van der Waals surface area contributed by atoms with Crippen molar-refractivity contribution in [3.8, 4) is 0 Å². The van der Waals surface area contributed by atoms with Gasteiger partial charge in [0.15, 0.2) is 0 Å². The first-order chi connectivity index (χ1) is 9.98. The summed E-state index contributed by atoms with van der Waals surface area (Å²) in [5, 5.41) is 5.06. The average molecular weight is 324 g/mol. The molecule has 21 heavy (non-hydrogen) atoms. The van der Waals surface area contributed by atoms with Crippen molar-refractivity contribution >= 4 is 27.0 Å². The van der Waals surface area contributed by atoms with Gasteiger partial charge in [-0.05, 0) is 37.4 Å². The molecule has 1 unspecified atom stereocenters. The van der Waals surface area contributed by atoms with Crippen LogP contribution >= 0.6 is 11.3 Å². The molecule has 2 rings (SSSR count). The molecule has 0 radical (unpaired) electrons. The summed E-state index contributed by atoms with van der Waals surface area (Å²) in [6, 6.07) is 10.7. The third kappa shape index (κ3) is 3.28. The third-order valence-corrected chi connectivity index (χ3v) is 6.44. The van der Waals surface area contributed by atoms with Gasteiger partial charge in [0.2, 0.25) is 10.0 Å². The van der Waals surface area contributed by atoms with Crippen LogP contribution in [-0.4, -0.2) is 26.3 Å². The maximum Gasteiger partial charge on any atom is 0.245 e. The molecule has 0 amide bonds. The highest BCUT2D eigenvalue weighted by Gasteiger charge is 2.28. The maximum atomic E-state index is 12.9. The van der Waals surface area contributed by atoms with Crippen molar-refractivity contribution in [1.29, 1.82) is 0 Å². The summed E-state index contributed by atoms with van der Waals surface area (Å²) in [6.07, 6.45) is 0. The summed E-state index contributed by atoms with van der Waals surface area (Å²) in [7, 11) is -1.91. The minimum absolute atomic E-state index is 0.190. The van der Waals surface area contributed by atoms with Crippen LogP contribution in [0.25, 0.3) is 0 Å². The molecular formula is C15H20N2O2S2. The Balaban J connectivity index is 2.38. The fraction of sp³-hybridized carbons (Fsp3) is 0.333. The third-order valence-electron chi connectivity index (χ3n) is 3.41. The van der Waals surface area contributed by atoms with E-state index in [0.29, 0.717) is 17.1 Å². The van der Waals surface area contributed by atoms with Gasteiger partial charge in [0.1, 0.15) is 4.90 Å². The first kappa shape index (κ1) is 16.0. The number of thiophene rings is 1. The van der Waals surface area contributed by atoms with Crippen LogP contribution in [0.3, 0.4) is 0 Å². The van der Waals surface area contributed by atoms with Crippen molar-refractivity contribution in [3.63, 3.8) is 0 Å². The van der Waals surface area contributed by atoms with Gasteiger partial charge < -0.3 is 5.32 Å². The van der Waals surface area contributed by atoms with E-state index < -0.39 is 10.0 Å². The molecular weight excluding hydrogens is 304 g/mol. The van der Waals surface area contributed by atoms with Gasteiger partial charge in [-0.25, -0.2) is 8.42 Å². The number of nitrogens with one attached hydrogen (secondary N) is 1. The van der Waals surface area contributed by atoms with Crippen LogP contribution in [0.4, 0.5) is 5.69 Å². The van der Waals surface area contributed by atoms with E-state index in [1.807, 2.05) is 37.4 Å². The minimum atomic E-state index is -3.54. The lowest BCUT2D eigenvalue weighted by atomic mass is 10.3. The molecule has 0 saturated heterocycles. The summed E-state index contributed by atoms with van der Waals surface area (Å²) in [5.41, 5.74) is 0.644. The number of anilines is 1. The summed E-state index contributed by atoms with van der Waals surface area (Å²) in [4.78, 5) is 1.35. The molecule has 6 heteroatoms. The van der Waals surface area contributed by atoms with Gasteiger partial charge in [-0.15, -0.1) is 11.3 Å². The topological polar surface area (TPSA) is 49.4 Å². The molecule has 1 atom stereocenters. The van der Waals surface area contributed by atoms with E-state index in [4.69, 9.17) is 0 Å². The Bertz CT molecular complexity index is 681. The van der Waals surface area contributed by atoms with Crippen LogP contribution in [0.5, 0.6) is 0 Å². The number of sulfonamides is 1. The van der Waals surface area contributed by atoms with Crippen LogP contribution in [0.15, 0.2) is 46.7 Å². The Labute approximate surface area is 130 Å². The Kier molecular flexibility index (Phi) is 5.03. The van der Waals surface area contributed by atoms with Crippen LogP contribution in [0.1, 0.15) is 24.8 Å². The Hall–Kier alpha value is -1.37. The standard InChI is InChI=1S/C15H20N2O2S2/c1-4-16-13-8-5-6-10-15(13)21(18,19)17(3)12(2)14-9-7-11-20-14/h5-12,16H,4H2,1-3H3. The predicted octanol–water partition coefficient (Wildman–Crippen LogP) is 3.56. The van der Waals surface area contributed by atoms with Crippen molar-refractivity contribution in [1.82, 2.24) is 4.31 Å². The molecule has 114 valence electrons. The Morgan fingerprint density at radius 3 is 2.57 bits per heavy atom. The van der Waals surface area contributed by atoms with Gasteiger partial charge in [-0.2, -0.15) is 4.31 Å². The smallest absolute Gasteiger partial charge is 0.245 e. The molecule has 0 aliphatic carbocycles. The van der Waals surface area contributed by atoms with Crippen molar-refractivity contribution in [2.75, 3.05) is 18.9 Å². The number of para-hydroxylation sites is 1. The number of nitrogens with zero attached hydrogens (tertiary/aromatic N) is 1. The predicted molar refractivity (Wildman–Crippen MR) is 88.3 cm³/mol. The van der Waals surface area contributed by atoms with Crippen LogP contribution in [0, 0.1) is 0 Å². The zero-order chi connectivity index (χ0) is 15.5. The molecule has 1 aromatic carbocycles. The minimum Gasteiger partial charge on any atom is -0.384 e. The highest BCUT2D eigenvalue weighted by atomic mass is 32.2. The highest BCUT2D eigenvalue weighted by Crippen LogP contribution is 2.31. The average Bonchev–Trinajstić information content (AvgIpc) is 3.00. The Morgan fingerprint density at radius 2 is 1.95 bits per heavy atom. The lowest BCUT2D eigenvalue weighted by molar-refractivity contribution is 0.403. The second-order valence-corrected chi connectivity index (χ2v) is 7.68. The monoisotopic (exact) mass is 324 g/mol. The van der Waals surface area contributed by atoms with E-state index in [0.717, 1.165) is 4.88 Å². The summed E-state index contributed by atoms with van der Waals surface area (Å²) >= 11 is 1.56.